The van der Waals surface area contributed by atoms with Gasteiger partial charge < -0.3 is 15.0 Å². The number of fused-ring (bicyclic) bond motifs is 1. The third-order valence-corrected chi connectivity index (χ3v) is 5.00. The van der Waals surface area contributed by atoms with E-state index in [-0.39, 0.29) is 18.2 Å². The Hall–Kier alpha value is -3.55. The molecule has 1 unspecified atom stereocenters. The summed E-state index contributed by atoms with van der Waals surface area (Å²) >= 11 is 0. The molecule has 2 heterocycles. The summed E-state index contributed by atoms with van der Waals surface area (Å²) in [5.74, 6) is -1.31. The molecule has 1 aromatic heterocycles. The van der Waals surface area contributed by atoms with E-state index in [0.717, 1.165) is 6.07 Å². The highest BCUT2D eigenvalue weighted by molar-refractivity contribution is 5.99. The van der Waals surface area contributed by atoms with Crippen molar-refractivity contribution in [2.45, 2.75) is 12.1 Å². The van der Waals surface area contributed by atoms with E-state index >= 15 is 0 Å². The minimum absolute atomic E-state index is 0.185. The number of aromatic nitrogens is 1. The van der Waals surface area contributed by atoms with Gasteiger partial charge in [-0.2, -0.15) is 13.2 Å². The third-order valence-electron chi connectivity index (χ3n) is 5.00. The molecule has 8 heteroatoms. The van der Waals surface area contributed by atoms with Gasteiger partial charge in [-0.1, -0.05) is 18.2 Å². The molecule has 5 nitrogen and oxygen atoms in total. The summed E-state index contributed by atoms with van der Waals surface area (Å²) in [6.07, 6.45) is -1.46. The number of anilines is 3. The Balaban J connectivity index is 1.79. The van der Waals surface area contributed by atoms with Gasteiger partial charge in [-0.05, 0) is 42.0 Å². The monoisotopic (exact) mass is 413 g/mol. The highest BCUT2D eigenvalue weighted by Crippen LogP contribution is 2.47. The zero-order valence-corrected chi connectivity index (χ0v) is 16.0. The van der Waals surface area contributed by atoms with Gasteiger partial charge in [0.15, 0.2) is 0 Å². The van der Waals surface area contributed by atoms with Crippen molar-refractivity contribution in [2.75, 3.05) is 23.9 Å². The summed E-state index contributed by atoms with van der Waals surface area (Å²) in [6.45, 7) is 0.185. The van der Waals surface area contributed by atoms with E-state index in [2.05, 4.69) is 10.3 Å². The second kappa shape index (κ2) is 7.70. The molecule has 0 fully saturated rings. The highest BCUT2D eigenvalue weighted by Gasteiger charge is 2.41. The molecule has 30 heavy (non-hydrogen) atoms. The molecule has 0 bridgehead atoms. The Labute approximate surface area is 171 Å². The SMILES string of the molecule is COc1cc2c(cc1C(F)(F)F)N(c1cccnc1)CC2C(=O)Nc1ccccc1. The molecule has 1 N–H and O–H groups in total. The Morgan fingerprint density at radius 3 is 2.57 bits per heavy atom. The molecule has 2 aromatic carbocycles. The van der Waals surface area contributed by atoms with E-state index in [1.807, 2.05) is 6.07 Å². The molecule has 1 atom stereocenters. The van der Waals surface area contributed by atoms with Crippen molar-refractivity contribution in [1.29, 1.82) is 0 Å². The lowest BCUT2D eigenvalue weighted by molar-refractivity contribution is -0.138. The first-order chi connectivity index (χ1) is 14.4. The molecule has 4 rings (SSSR count). The number of rotatable bonds is 4. The lowest BCUT2D eigenvalue weighted by atomic mass is 9.98. The second-order valence-electron chi connectivity index (χ2n) is 6.84. The van der Waals surface area contributed by atoms with Crippen LogP contribution in [0.5, 0.6) is 5.75 Å². The number of pyridine rings is 1. The quantitative estimate of drug-likeness (QED) is 0.655. The predicted octanol–water partition coefficient (Wildman–Crippen LogP) is 4.98. The van der Waals surface area contributed by atoms with Gasteiger partial charge in [0.2, 0.25) is 5.91 Å². The topological polar surface area (TPSA) is 54.5 Å². The molecule has 1 aliphatic rings. The van der Waals surface area contributed by atoms with Gasteiger partial charge >= 0.3 is 6.18 Å². The number of halogens is 3. The summed E-state index contributed by atoms with van der Waals surface area (Å²) in [4.78, 5) is 18.7. The molecule has 3 aromatic rings. The highest BCUT2D eigenvalue weighted by atomic mass is 19.4. The van der Waals surface area contributed by atoms with Gasteiger partial charge in [-0.15, -0.1) is 0 Å². The lowest BCUT2D eigenvalue weighted by Gasteiger charge is -2.21. The Morgan fingerprint density at radius 1 is 1.17 bits per heavy atom. The van der Waals surface area contributed by atoms with Crippen molar-refractivity contribution in [3.8, 4) is 5.75 Å². The van der Waals surface area contributed by atoms with Crippen molar-refractivity contribution < 1.29 is 22.7 Å². The van der Waals surface area contributed by atoms with Crippen LogP contribution in [0.25, 0.3) is 0 Å². The standard InChI is InChI=1S/C22H18F3N3O2/c1-30-20-10-16-17(21(29)27-14-6-3-2-4-7-14)13-28(15-8-5-9-26-12-15)19(16)11-18(20)22(23,24)25/h2-12,17H,13H2,1H3,(H,27,29). The van der Waals surface area contributed by atoms with E-state index in [4.69, 9.17) is 4.74 Å². The van der Waals surface area contributed by atoms with E-state index in [0.29, 0.717) is 22.6 Å². The van der Waals surface area contributed by atoms with Crippen LogP contribution in [0.4, 0.5) is 30.2 Å². The Bertz CT molecular complexity index is 1060. The van der Waals surface area contributed by atoms with Crippen LogP contribution in [-0.4, -0.2) is 24.5 Å². The maximum Gasteiger partial charge on any atom is 0.420 e. The average Bonchev–Trinajstić information content (AvgIpc) is 3.12. The van der Waals surface area contributed by atoms with Crippen LogP contribution >= 0.6 is 0 Å². The number of benzene rings is 2. The van der Waals surface area contributed by atoms with Gasteiger partial charge in [0, 0.05) is 24.1 Å². The van der Waals surface area contributed by atoms with Crippen molar-refractivity contribution in [3.05, 3.63) is 78.1 Å². The van der Waals surface area contributed by atoms with Gasteiger partial charge in [-0.25, -0.2) is 0 Å². The number of nitrogens with zero attached hydrogens (tertiary/aromatic N) is 2. The van der Waals surface area contributed by atoms with Crippen LogP contribution in [0.15, 0.2) is 67.0 Å². The predicted molar refractivity (Wildman–Crippen MR) is 107 cm³/mol. The van der Waals surface area contributed by atoms with Gasteiger partial charge in [0.1, 0.15) is 5.75 Å². The fourth-order valence-electron chi connectivity index (χ4n) is 3.60. The molecule has 154 valence electrons. The Kier molecular flexibility index (Phi) is 5.07. The summed E-state index contributed by atoms with van der Waals surface area (Å²) in [5, 5.41) is 2.83. The Morgan fingerprint density at radius 2 is 1.93 bits per heavy atom. The van der Waals surface area contributed by atoms with Crippen LogP contribution in [0.3, 0.4) is 0 Å². The third kappa shape index (κ3) is 3.68. The lowest BCUT2D eigenvalue weighted by Crippen LogP contribution is -2.25. The first-order valence-electron chi connectivity index (χ1n) is 9.21. The van der Waals surface area contributed by atoms with Crippen molar-refractivity contribution >= 4 is 23.0 Å². The normalized spacial score (nSPS) is 15.6. The molecule has 1 amide bonds. The number of hydrogen-bond donors (Lipinski definition) is 1. The molecular formula is C22H18F3N3O2. The van der Waals surface area contributed by atoms with Crippen LogP contribution in [0.2, 0.25) is 0 Å². The first-order valence-corrected chi connectivity index (χ1v) is 9.21. The summed E-state index contributed by atoms with van der Waals surface area (Å²) in [6, 6.07) is 14.7. The van der Waals surface area contributed by atoms with Gasteiger partial charge in [0.25, 0.3) is 0 Å². The van der Waals surface area contributed by atoms with E-state index < -0.39 is 17.7 Å². The smallest absolute Gasteiger partial charge is 0.420 e. The van der Waals surface area contributed by atoms with E-state index in [1.165, 1.54) is 13.2 Å². The molecule has 0 spiro atoms. The minimum atomic E-state index is -4.59. The number of nitrogens with one attached hydrogen (secondary N) is 1. The fourth-order valence-corrected chi connectivity index (χ4v) is 3.60. The van der Waals surface area contributed by atoms with E-state index in [9.17, 15) is 18.0 Å². The molecule has 0 radical (unpaired) electrons. The summed E-state index contributed by atoms with van der Waals surface area (Å²) in [5.41, 5.74) is 1.11. The number of methoxy groups -OCH3 is 1. The largest absolute Gasteiger partial charge is 0.496 e. The van der Waals surface area contributed by atoms with Crippen molar-refractivity contribution in [3.63, 3.8) is 0 Å². The molecule has 0 saturated carbocycles. The molecule has 0 aliphatic carbocycles. The van der Waals surface area contributed by atoms with Crippen molar-refractivity contribution in [2.24, 2.45) is 0 Å². The van der Waals surface area contributed by atoms with Crippen LogP contribution in [0, 0.1) is 0 Å². The van der Waals surface area contributed by atoms with Gasteiger partial charge in [0.05, 0.1) is 30.5 Å². The van der Waals surface area contributed by atoms with Crippen LogP contribution in [-0.2, 0) is 11.0 Å². The van der Waals surface area contributed by atoms with Crippen LogP contribution < -0.4 is 15.0 Å². The zero-order valence-electron chi connectivity index (χ0n) is 16.0. The number of amides is 1. The zero-order chi connectivity index (χ0) is 21.3. The summed E-state index contributed by atoms with van der Waals surface area (Å²) in [7, 11) is 1.18. The minimum Gasteiger partial charge on any atom is -0.496 e. The number of ether oxygens (including phenoxy) is 1. The second-order valence-corrected chi connectivity index (χ2v) is 6.84. The maximum absolute atomic E-state index is 13.6. The average molecular weight is 413 g/mol. The number of carbonyl (C=O) groups excluding carboxylic acids is 1. The first kappa shape index (κ1) is 19.8. The number of hydrogen-bond acceptors (Lipinski definition) is 4. The number of para-hydroxylation sites is 1. The maximum atomic E-state index is 13.6. The molecule has 0 saturated heterocycles. The summed E-state index contributed by atoms with van der Waals surface area (Å²) < 4.78 is 45.8. The molecule has 1 aliphatic heterocycles. The van der Waals surface area contributed by atoms with Crippen LogP contribution in [0.1, 0.15) is 17.0 Å². The fraction of sp³-hybridized carbons (Fsp3) is 0.182. The number of alkyl halides is 3. The number of carbonyl (C=O) groups is 1. The van der Waals surface area contributed by atoms with Crippen molar-refractivity contribution in [1.82, 2.24) is 4.98 Å². The van der Waals surface area contributed by atoms with E-state index in [1.54, 1.807) is 53.7 Å². The van der Waals surface area contributed by atoms with Gasteiger partial charge in [-0.3, -0.25) is 9.78 Å². The molecular weight excluding hydrogens is 395 g/mol.